The van der Waals surface area contributed by atoms with Crippen molar-refractivity contribution in [2.45, 2.75) is 45.4 Å². The van der Waals surface area contributed by atoms with Gasteiger partial charge in [0.25, 0.3) is 0 Å². The zero-order valence-corrected chi connectivity index (χ0v) is 11.1. The van der Waals surface area contributed by atoms with Gasteiger partial charge in [0.1, 0.15) is 5.75 Å². The normalized spacial score (nSPS) is 22.9. The Morgan fingerprint density at radius 1 is 1.28 bits per heavy atom. The summed E-state index contributed by atoms with van der Waals surface area (Å²) in [6.07, 6.45) is 1.57. The lowest BCUT2D eigenvalue weighted by Crippen LogP contribution is -2.23. The molecule has 0 bridgehead atoms. The first-order valence-corrected chi connectivity index (χ1v) is 6.48. The fraction of sp³-hybridized carbons (Fsp3) is 0.533. The second-order valence-corrected chi connectivity index (χ2v) is 5.59. The topological polar surface area (TPSA) is 57.5 Å². The van der Waals surface area contributed by atoms with Crippen LogP contribution in [0, 0.1) is 12.8 Å². The number of hydrogen-bond acceptors (Lipinski definition) is 2. The summed E-state index contributed by atoms with van der Waals surface area (Å²) < 4.78 is 0. The molecule has 98 valence electrons. The minimum Gasteiger partial charge on any atom is -0.508 e. The molecule has 1 aromatic carbocycles. The molecule has 0 saturated heterocycles. The van der Waals surface area contributed by atoms with Crippen LogP contribution in [0.15, 0.2) is 12.1 Å². The van der Waals surface area contributed by atoms with Crippen LogP contribution in [0.25, 0.3) is 0 Å². The van der Waals surface area contributed by atoms with Crippen LogP contribution < -0.4 is 0 Å². The van der Waals surface area contributed by atoms with Gasteiger partial charge in [-0.15, -0.1) is 0 Å². The Bertz CT molecular complexity index is 477. The van der Waals surface area contributed by atoms with Gasteiger partial charge in [-0.1, -0.05) is 19.9 Å². The average molecular weight is 248 g/mol. The number of phenolic OH excluding ortho intramolecular Hbond substituents is 1. The molecule has 0 aromatic heterocycles. The minimum absolute atomic E-state index is 0.199. The van der Waals surface area contributed by atoms with Crippen molar-refractivity contribution in [2.24, 2.45) is 5.92 Å². The Kier molecular flexibility index (Phi) is 3.33. The highest BCUT2D eigenvalue weighted by Gasteiger charge is 2.33. The first kappa shape index (κ1) is 12.9. The number of phenols is 1. The van der Waals surface area contributed by atoms with E-state index in [9.17, 15) is 15.0 Å². The Hall–Kier alpha value is -1.51. The molecule has 1 aromatic rings. The molecule has 2 atom stereocenters. The lowest BCUT2D eigenvalue weighted by Gasteiger charge is -2.32. The Balaban J connectivity index is 2.56. The van der Waals surface area contributed by atoms with Crippen molar-refractivity contribution in [1.82, 2.24) is 0 Å². The van der Waals surface area contributed by atoms with E-state index in [1.54, 1.807) is 6.07 Å². The van der Waals surface area contributed by atoms with E-state index < -0.39 is 11.9 Å². The van der Waals surface area contributed by atoms with Gasteiger partial charge in [0.05, 0.1) is 5.92 Å². The molecule has 2 rings (SSSR count). The molecule has 1 aliphatic carbocycles. The van der Waals surface area contributed by atoms with E-state index in [0.717, 1.165) is 23.1 Å². The van der Waals surface area contributed by atoms with Crippen molar-refractivity contribution in [3.63, 3.8) is 0 Å². The van der Waals surface area contributed by atoms with Gasteiger partial charge in [-0.25, -0.2) is 0 Å². The molecule has 0 saturated carbocycles. The van der Waals surface area contributed by atoms with Crippen molar-refractivity contribution in [3.05, 3.63) is 28.8 Å². The van der Waals surface area contributed by atoms with Crippen LogP contribution in [-0.4, -0.2) is 16.2 Å². The molecule has 0 heterocycles. The van der Waals surface area contributed by atoms with Crippen LogP contribution in [0.1, 0.15) is 55.2 Å². The number of rotatable bonds is 2. The summed E-state index contributed by atoms with van der Waals surface area (Å²) in [7, 11) is 0. The van der Waals surface area contributed by atoms with Crippen LogP contribution in [0.2, 0.25) is 0 Å². The van der Waals surface area contributed by atoms with Crippen LogP contribution in [0.3, 0.4) is 0 Å². The van der Waals surface area contributed by atoms with Crippen molar-refractivity contribution in [1.29, 1.82) is 0 Å². The van der Waals surface area contributed by atoms with E-state index in [-0.39, 0.29) is 5.75 Å². The number of carboxylic acid groups (broad SMARTS) is 1. The maximum atomic E-state index is 11.3. The maximum Gasteiger partial charge on any atom is 0.310 e. The summed E-state index contributed by atoms with van der Waals surface area (Å²) in [4.78, 5) is 11.3. The van der Waals surface area contributed by atoms with E-state index in [2.05, 4.69) is 13.8 Å². The fourth-order valence-electron chi connectivity index (χ4n) is 2.96. The van der Waals surface area contributed by atoms with Gasteiger partial charge in [0.15, 0.2) is 0 Å². The number of benzene rings is 1. The highest BCUT2D eigenvalue weighted by Crippen LogP contribution is 2.44. The Labute approximate surface area is 107 Å². The summed E-state index contributed by atoms with van der Waals surface area (Å²) in [5.74, 6) is -0.176. The highest BCUT2D eigenvalue weighted by atomic mass is 16.4. The highest BCUT2D eigenvalue weighted by molar-refractivity contribution is 5.77. The van der Waals surface area contributed by atoms with E-state index >= 15 is 0 Å². The van der Waals surface area contributed by atoms with Gasteiger partial charge in [-0.2, -0.15) is 0 Å². The Morgan fingerprint density at radius 3 is 2.50 bits per heavy atom. The van der Waals surface area contributed by atoms with Crippen LogP contribution in [0.5, 0.6) is 5.75 Å². The number of aliphatic carboxylic acids is 1. The maximum absolute atomic E-state index is 11.3. The summed E-state index contributed by atoms with van der Waals surface area (Å²) in [5, 5.41) is 19.1. The molecule has 1 aliphatic rings. The summed E-state index contributed by atoms with van der Waals surface area (Å²) in [5.41, 5.74) is 2.74. The average Bonchev–Trinajstić information content (AvgIpc) is 2.28. The standard InChI is InChI=1S/C15H20O3/c1-8(2)10-4-5-11(15(17)18)13-7-14(16)9(3)6-12(10)13/h6-8,10-11,16H,4-5H2,1-3H3,(H,17,18)/t10-,11?/m0/s1. The zero-order valence-electron chi connectivity index (χ0n) is 11.1. The second kappa shape index (κ2) is 4.63. The molecule has 0 radical (unpaired) electrons. The summed E-state index contributed by atoms with van der Waals surface area (Å²) in [6.45, 7) is 6.19. The van der Waals surface area contributed by atoms with Crippen molar-refractivity contribution in [3.8, 4) is 5.75 Å². The number of carboxylic acids is 1. The number of fused-ring (bicyclic) bond motifs is 1. The van der Waals surface area contributed by atoms with Crippen molar-refractivity contribution in [2.75, 3.05) is 0 Å². The monoisotopic (exact) mass is 248 g/mol. The van der Waals surface area contributed by atoms with Crippen LogP contribution >= 0.6 is 0 Å². The van der Waals surface area contributed by atoms with Gasteiger partial charge in [-0.3, -0.25) is 4.79 Å². The number of hydrogen-bond donors (Lipinski definition) is 2. The number of aryl methyl sites for hydroxylation is 1. The third-order valence-corrected chi connectivity index (χ3v) is 4.05. The van der Waals surface area contributed by atoms with Crippen molar-refractivity contribution < 1.29 is 15.0 Å². The Morgan fingerprint density at radius 2 is 1.94 bits per heavy atom. The fourth-order valence-corrected chi connectivity index (χ4v) is 2.96. The quantitative estimate of drug-likeness (QED) is 0.843. The molecule has 1 unspecified atom stereocenters. The van der Waals surface area contributed by atoms with E-state index in [1.807, 2.05) is 13.0 Å². The van der Waals surface area contributed by atoms with Crippen LogP contribution in [-0.2, 0) is 4.79 Å². The molecule has 2 N–H and O–H groups in total. The molecule has 0 spiro atoms. The lowest BCUT2D eigenvalue weighted by molar-refractivity contribution is -0.139. The molecule has 3 heteroatoms. The van der Waals surface area contributed by atoms with Gasteiger partial charge in [0, 0.05) is 0 Å². The molecule has 0 aliphatic heterocycles. The third kappa shape index (κ3) is 2.09. The first-order chi connectivity index (χ1) is 8.41. The van der Waals surface area contributed by atoms with Gasteiger partial charge >= 0.3 is 5.97 Å². The molecule has 0 fully saturated rings. The SMILES string of the molecule is Cc1cc2c(cc1O)C(C(=O)O)CC[C@H]2C(C)C. The van der Waals surface area contributed by atoms with Gasteiger partial charge in [0.2, 0.25) is 0 Å². The van der Waals surface area contributed by atoms with Gasteiger partial charge in [-0.05, 0) is 54.4 Å². The second-order valence-electron chi connectivity index (χ2n) is 5.59. The first-order valence-electron chi connectivity index (χ1n) is 6.48. The number of aromatic hydroxyl groups is 1. The third-order valence-electron chi connectivity index (χ3n) is 4.05. The lowest BCUT2D eigenvalue weighted by atomic mass is 9.72. The van der Waals surface area contributed by atoms with E-state index in [4.69, 9.17) is 0 Å². The van der Waals surface area contributed by atoms with Gasteiger partial charge < -0.3 is 10.2 Å². The molecular weight excluding hydrogens is 228 g/mol. The molecular formula is C15H20O3. The minimum atomic E-state index is -0.790. The van der Waals surface area contributed by atoms with E-state index in [1.165, 1.54) is 0 Å². The molecule has 0 amide bonds. The predicted octanol–water partition coefficient (Wildman–Crippen LogP) is 3.40. The summed E-state index contributed by atoms with van der Waals surface area (Å²) in [6, 6.07) is 3.61. The zero-order chi connectivity index (χ0) is 13.4. The van der Waals surface area contributed by atoms with Crippen LogP contribution in [0.4, 0.5) is 0 Å². The largest absolute Gasteiger partial charge is 0.508 e. The molecule has 3 nitrogen and oxygen atoms in total. The molecule has 18 heavy (non-hydrogen) atoms. The predicted molar refractivity (Wildman–Crippen MR) is 70.0 cm³/mol. The summed E-state index contributed by atoms with van der Waals surface area (Å²) >= 11 is 0. The van der Waals surface area contributed by atoms with Crippen molar-refractivity contribution >= 4 is 5.97 Å². The van der Waals surface area contributed by atoms with E-state index in [0.29, 0.717) is 18.3 Å². The smallest absolute Gasteiger partial charge is 0.310 e. The number of carbonyl (C=O) groups is 1.